The first kappa shape index (κ1) is 20.9. The molecule has 1 N–H and O–H groups in total. The van der Waals surface area contributed by atoms with E-state index in [0.29, 0.717) is 12.3 Å². The molecule has 0 saturated carbocycles. The van der Waals surface area contributed by atoms with E-state index >= 15 is 0 Å². The van der Waals surface area contributed by atoms with Crippen LogP contribution < -0.4 is 5.32 Å². The summed E-state index contributed by atoms with van der Waals surface area (Å²) in [6, 6.07) is 13.9. The fourth-order valence-corrected chi connectivity index (χ4v) is 5.25. The lowest BCUT2D eigenvalue weighted by atomic mass is 9.99. The molecule has 0 radical (unpaired) electrons. The number of amides is 2. The van der Waals surface area contributed by atoms with Crippen LogP contribution in [0.1, 0.15) is 25.5 Å². The van der Waals surface area contributed by atoms with Crippen molar-refractivity contribution < 1.29 is 9.59 Å². The van der Waals surface area contributed by atoms with Crippen LogP contribution in [0, 0.1) is 5.92 Å². The molecule has 2 aromatic carbocycles. The predicted octanol–water partition coefficient (Wildman–Crippen LogP) is 4.83. The molecule has 1 fully saturated rings. The van der Waals surface area contributed by atoms with Crippen molar-refractivity contribution in [3.63, 3.8) is 0 Å². The molecule has 3 aromatic rings. The molecule has 1 aliphatic heterocycles. The molecule has 1 aromatic heterocycles. The topological polar surface area (TPSA) is 62.3 Å². The first-order valence-electron chi connectivity index (χ1n) is 10.2. The standard InChI is InChI=1S/C23H25N3O2S2/c1-16-9-11-26(12-10-16)22(28)13-18-14-29-23(24-18)30-15-21(27)25-20-8-4-6-17-5-2-3-7-19(17)20/h2-8,14,16H,9-13,15H2,1H3,(H,25,27). The first-order chi connectivity index (χ1) is 14.6. The summed E-state index contributed by atoms with van der Waals surface area (Å²) in [6.45, 7) is 3.93. The number of thioether (sulfide) groups is 1. The van der Waals surface area contributed by atoms with Gasteiger partial charge in [0, 0.05) is 29.5 Å². The van der Waals surface area contributed by atoms with Gasteiger partial charge >= 0.3 is 0 Å². The number of rotatable bonds is 6. The van der Waals surface area contributed by atoms with Gasteiger partial charge in [0.1, 0.15) is 0 Å². The van der Waals surface area contributed by atoms with Crippen molar-refractivity contribution in [2.45, 2.75) is 30.5 Å². The van der Waals surface area contributed by atoms with Crippen LogP contribution in [0.5, 0.6) is 0 Å². The second kappa shape index (κ2) is 9.62. The molecule has 1 saturated heterocycles. The zero-order chi connectivity index (χ0) is 20.9. The molecule has 7 heteroatoms. The minimum Gasteiger partial charge on any atom is -0.342 e. The van der Waals surface area contributed by atoms with E-state index in [1.165, 1.54) is 23.1 Å². The summed E-state index contributed by atoms with van der Waals surface area (Å²) in [7, 11) is 0. The molecule has 30 heavy (non-hydrogen) atoms. The van der Waals surface area contributed by atoms with E-state index in [-0.39, 0.29) is 17.6 Å². The second-order valence-corrected chi connectivity index (χ2v) is 9.79. The molecule has 5 nitrogen and oxygen atoms in total. The molecule has 4 rings (SSSR count). The number of likely N-dealkylation sites (tertiary alicyclic amines) is 1. The van der Waals surface area contributed by atoms with Crippen molar-refractivity contribution in [2.24, 2.45) is 5.92 Å². The van der Waals surface area contributed by atoms with Gasteiger partial charge in [0.15, 0.2) is 4.34 Å². The molecule has 0 aliphatic carbocycles. The van der Waals surface area contributed by atoms with Crippen LogP contribution in [-0.4, -0.2) is 40.5 Å². The van der Waals surface area contributed by atoms with E-state index in [9.17, 15) is 9.59 Å². The van der Waals surface area contributed by atoms with Crippen molar-refractivity contribution in [2.75, 3.05) is 24.2 Å². The largest absolute Gasteiger partial charge is 0.342 e. The molecular weight excluding hydrogens is 414 g/mol. The van der Waals surface area contributed by atoms with Gasteiger partial charge in [-0.15, -0.1) is 11.3 Å². The molecule has 0 unspecified atom stereocenters. The zero-order valence-electron chi connectivity index (χ0n) is 17.0. The van der Waals surface area contributed by atoms with Crippen molar-refractivity contribution in [3.8, 4) is 0 Å². The number of piperidine rings is 1. The minimum atomic E-state index is -0.0633. The third-order valence-electron chi connectivity index (χ3n) is 5.39. The van der Waals surface area contributed by atoms with E-state index in [0.717, 1.165) is 52.4 Å². The summed E-state index contributed by atoms with van der Waals surface area (Å²) < 4.78 is 0.818. The number of nitrogens with one attached hydrogen (secondary N) is 1. The number of hydrogen-bond acceptors (Lipinski definition) is 5. The molecular formula is C23H25N3O2S2. The number of benzene rings is 2. The van der Waals surface area contributed by atoms with E-state index < -0.39 is 0 Å². The van der Waals surface area contributed by atoms with Gasteiger partial charge < -0.3 is 10.2 Å². The number of aromatic nitrogens is 1. The van der Waals surface area contributed by atoms with Crippen LogP contribution in [0.25, 0.3) is 10.8 Å². The summed E-state index contributed by atoms with van der Waals surface area (Å²) in [5.74, 6) is 1.08. The van der Waals surface area contributed by atoms with Crippen LogP contribution in [0.2, 0.25) is 0 Å². The van der Waals surface area contributed by atoms with Crippen molar-refractivity contribution in [3.05, 3.63) is 53.5 Å². The van der Waals surface area contributed by atoms with Crippen LogP contribution in [0.4, 0.5) is 5.69 Å². The highest BCUT2D eigenvalue weighted by atomic mass is 32.2. The Balaban J connectivity index is 1.29. The van der Waals surface area contributed by atoms with Gasteiger partial charge in [-0.3, -0.25) is 9.59 Å². The average Bonchev–Trinajstić information content (AvgIpc) is 3.20. The van der Waals surface area contributed by atoms with E-state index in [1.54, 1.807) is 0 Å². The van der Waals surface area contributed by atoms with Crippen LogP contribution in [-0.2, 0) is 16.0 Å². The summed E-state index contributed by atoms with van der Waals surface area (Å²) in [5, 5.41) is 7.05. The SMILES string of the molecule is CC1CCN(C(=O)Cc2csc(SCC(=O)Nc3cccc4ccccc34)n2)CC1. The maximum atomic E-state index is 12.5. The Hall–Kier alpha value is -2.38. The smallest absolute Gasteiger partial charge is 0.234 e. The maximum Gasteiger partial charge on any atom is 0.234 e. The van der Waals surface area contributed by atoms with E-state index in [1.807, 2.05) is 52.7 Å². The predicted molar refractivity (Wildman–Crippen MR) is 124 cm³/mol. The number of anilines is 1. The third-order valence-corrected chi connectivity index (χ3v) is 7.46. The second-order valence-electron chi connectivity index (χ2n) is 7.71. The molecule has 1 aliphatic rings. The number of carbonyl (C=O) groups excluding carboxylic acids is 2. The van der Waals surface area contributed by atoms with E-state index in [2.05, 4.69) is 17.2 Å². The summed E-state index contributed by atoms with van der Waals surface area (Å²) in [5.41, 5.74) is 1.61. The Labute approximate surface area is 184 Å². The Kier molecular flexibility index (Phi) is 6.69. The molecule has 2 amide bonds. The molecule has 2 heterocycles. The molecule has 156 valence electrons. The lowest BCUT2D eigenvalue weighted by Crippen LogP contribution is -2.38. The van der Waals surface area contributed by atoms with Gasteiger partial charge in [-0.2, -0.15) is 0 Å². The third kappa shape index (κ3) is 5.21. The highest BCUT2D eigenvalue weighted by Crippen LogP contribution is 2.26. The van der Waals surface area contributed by atoms with Crippen molar-refractivity contribution in [1.82, 2.24) is 9.88 Å². The van der Waals surface area contributed by atoms with Crippen LogP contribution in [0.15, 0.2) is 52.2 Å². The highest BCUT2D eigenvalue weighted by Gasteiger charge is 2.21. The Bertz CT molecular complexity index is 1040. The Morgan fingerprint density at radius 2 is 1.93 bits per heavy atom. The van der Waals surface area contributed by atoms with Gasteiger partial charge in [0.2, 0.25) is 11.8 Å². The average molecular weight is 440 g/mol. The van der Waals surface area contributed by atoms with Crippen molar-refractivity contribution in [1.29, 1.82) is 0 Å². The van der Waals surface area contributed by atoms with Crippen LogP contribution >= 0.6 is 23.1 Å². The summed E-state index contributed by atoms with van der Waals surface area (Å²) >= 11 is 2.90. The fourth-order valence-electron chi connectivity index (χ4n) is 3.61. The quantitative estimate of drug-likeness (QED) is 0.559. The lowest BCUT2D eigenvalue weighted by Gasteiger charge is -2.30. The Morgan fingerprint density at radius 1 is 1.17 bits per heavy atom. The number of thiazole rings is 1. The van der Waals surface area contributed by atoms with Gasteiger partial charge in [0.25, 0.3) is 0 Å². The van der Waals surface area contributed by atoms with E-state index in [4.69, 9.17) is 0 Å². The zero-order valence-corrected chi connectivity index (χ0v) is 18.6. The number of carbonyl (C=O) groups is 2. The molecule has 0 spiro atoms. The monoisotopic (exact) mass is 439 g/mol. The summed E-state index contributed by atoms with van der Waals surface area (Å²) in [6.07, 6.45) is 2.50. The van der Waals surface area contributed by atoms with Gasteiger partial charge in [-0.1, -0.05) is 55.1 Å². The maximum absolute atomic E-state index is 12.5. The first-order valence-corrected chi connectivity index (χ1v) is 12.1. The highest BCUT2D eigenvalue weighted by molar-refractivity contribution is 8.01. The van der Waals surface area contributed by atoms with Crippen molar-refractivity contribution >= 4 is 51.4 Å². The Morgan fingerprint density at radius 3 is 2.77 bits per heavy atom. The normalized spacial score (nSPS) is 14.8. The summed E-state index contributed by atoms with van der Waals surface area (Å²) in [4.78, 5) is 31.4. The fraction of sp³-hybridized carbons (Fsp3) is 0.348. The minimum absolute atomic E-state index is 0.0633. The van der Waals surface area contributed by atoms with Gasteiger partial charge in [0.05, 0.1) is 17.9 Å². The number of nitrogens with zero attached hydrogens (tertiary/aromatic N) is 2. The number of fused-ring (bicyclic) bond motifs is 1. The van der Waals surface area contributed by atoms with Gasteiger partial charge in [-0.05, 0) is 30.2 Å². The molecule has 0 bridgehead atoms. The van der Waals surface area contributed by atoms with Crippen LogP contribution in [0.3, 0.4) is 0 Å². The molecule has 0 atom stereocenters. The van der Waals surface area contributed by atoms with Gasteiger partial charge in [-0.25, -0.2) is 4.98 Å². The lowest BCUT2D eigenvalue weighted by molar-refractivity contribution is -0.131. The number of hydrogen-bond donors (Lipinski definition) is 1.